The van der Waals surface area contributed by atoms with Crippen LogP contribution in [0.4, 0.5) is 5.69 Å². The molecule has 1 aromatic heterocycles. The van der Waals surface area contributed by atoms with Gasteiger partial charge >= 0.3 is 5.97 Å². The van der Waals surface area contributed by atoms with Crippen LogP contribution in [0.25, 0.3) is 21.6 Å². The molecular weight excluding hydrogens is 426 g/mol. The Balaban J connectivity index is 1.50. The van der Waals surface area contributed by atoms with Gasteiger partial charge in [-0.3, -0.25) is 0 Å². The van der Waals surface area contributed by atoms with Gasteiger partial charge in [-0.15, -0.1) is 11.3 Å². The van der Waals surface area contributed by atoms with Gasteiger partial charge in [0, 0.05) is 4.88 Å². The average Bonchev–Trinajstić information content (AvgIpc) is 3.27. The van der Waals surface area contributed by atoms with Crippen molar-refractivity contribution in [2.75, 3.05) is 11.8 Å². The standard InChI is InChI=1S/C25H21NO3S2/c1-16-6-8-17(9-7-16)18-4-3-5-19(14-18)23-12-13-24(30-23)31-26-21-11-10-20(25(27)28)15-22(21)29-2/h3-15,26H,1-2H3,(H,27,28). The topological polar surface area (TPSA) is 58.6 Å². The van der Waals surface area contributed by atoms with Crippen LogP contribution in [0, 0.1) is 6.92 Å². The Hall–Kier alpha value is -3.22. The Morgan fingerprint density at radius 3 is 2.45 bits per heavy atom. The number of methoxy groups -OCH3 is 1. The molecule has 0 unspecified atom stereocenters. The number of ether oxygens (including phenoxy) is 1. The van der Waals surface area contributed by atoms with E-state index in [4.69, 9.17) is 9.84 Å². The van der Waals surface area contributed by atoms with Crippen molar-refractivity contribution in [2.45, 2.75) is 11.1 Å². The number of carboxylic acid groups (broad SMARTS) is 1. The lowest BCUT2D eigenvalue weighted by Crippen LogP contribution is -1.99. The zero-order valence-electron chi connectivity index (χ0n) is 17.1. The number of hydrogen-bond donors (Lipinski definition) is 2. The summed E-state index contributed by atoms with van der Waals surface area (Å²) >= 11 is 3.17. The minimum Gasteiger partial charge on any atom is -0.495 e. The maximum atomic E-state index is 11.1. The molecule has 2 N–H and O–H groups in total. The van der Waals surface area contributed by atoms with Crippen LogP contribution in [0.15, 0.2) is 83.1 Å². The first-order valence-corrected chi connectivity index (χ1v) is 11.3. The fourth-order valence-electron chi connectivity index (χ4n) is 3.14. The third kappa shape index (κ3) is 4.93. The molecule has 0 bridgehead atoms. The molecule has 3 aromatic carbocycles. The van der Waals surface area contributed by atoms with Crippen LogP contribution < -0.4 is 9.46 Å². The number of anilines is 1. The number of carboxylic acids is 1. The highest BCUT2D eigenvalue weighted by molar-refractivity contribution is 8.02. The van der Waals surface area contributed by atoms with Crippen LogP contribution in [0.5, 0.6) is 5.75 Å². The Morgan fingerprint density at radius 1 is 0.935 bits per heavy atom. The number of hydrogen-bond acceptors (Lipinski definition) is 5. The van der Waals surface area contributed by atoms with Crippen LogP contribution in [0.1, 0.15) is 15.9 Å². The number of rotatable bonds is 7. The second-order valence-electron chi connectivity index (χ2n) is 6.99. The summed E-state index contributed by atoms with van der Waals surface area (Å²) in [6, 6.07) is 26.1. The fourth-order valence-corrected chi connectivity index (χ4v) is 4.95. The molecule has 4 aromatic rings. The smallest absolute Gasteiger partial charge is 0.335 e. The Labute approximate surface area is 189 Å². The molecule has 0 fully saturated rings. The first-order chi connectivity index (χ1) is 15.0. The van der Waals surface area contributed by atoms with E-state index in [2.05, 4.69) is 72.3 Å². The van der Waals surface area contributed by atoms with Crippen molar-refractivity contribution < 1.29 is 14.6 Å². The van der Waals surface area contributed by atoms with Crippen molar-refractivity contribution in [3.63, 3.8) is 0 Å². The predicted octanol–water partition coefficient (Wildman–Crippen LogP) is 7.22. The number of nitrogens with one attached hydrogen (secondary N) is 1. The lowest BCUT2D eigenvalue weighted by atomic mass is 10.0. The highest BCUT2D eigenvalue weighted by atomic mass is 32.2. The first-order valence-electron chi connectivity index (χ1n) is 9.65. The normalized spacial score (nSPS) is 10.6. The van der Waals surface area contributed by atoms with E-state index < -0.39 is 5.97 Å². The quantitative estimate of drug-likeness (QED) is 0.293. The highest BCUT2D eigenvalue weighted by Gasteiger charge is 2.10. The molecule has 0 radical (unpaired) electrons. The monoisotopic (exact) mass is 447 g/mol. The molecule has 0 saturated carbocycles. The minimum absolute atomic E-state index is 0.194. The lowest BCUT2D eigenvalue weighted by molar-refractivity contribution is 0.0696. The number of aromatic carboxylic acids is 1. The van der Waals surface area contributed by atoms with Crippen molar-refractivity contribution in [2.24, 2.45) is 0 Å². The van der Waals surface area contributed by atoms with Gasteiger partial charge in [0.15, 0.2) is 0 Å². The molecule has 4 rings (SSSR count). The molecule has 0 aliphatic carbocycles. The Morgan fingerprint density at radius 2 is 1.71 bits per heavy atom. The average molecular weight is 448 g/mol. The summed E-state index contributed by atoms with van der Waals surface area (Å²) in [5.74, 6) is -0.483. The van der Waals surface area contributed by atoms with Crippen LogP contribution in [-0.2, 0) is 0 Å². The molecule has 0 atom stereocenters. The van der Waals surface area contributed by atoms with Gasteiger partial charge in [-0.25, -0.2) is 4.79 Å². The van der Waals surface area contributed by atoms with Crippen molar-refractivity contribution in [3.8, 4) is 27.3 Å². The molecule has 1 heterocycles. The summed E-state index contributed by atoms with van der Waals surface area (Å²) < 4.78 is 9.69. The van der Waals surface area contributed by atoms with Crippen LogP contribution >= 0.6 is 23.3 Å². The molecule has 0 saturated heterocycles. The third-order valence-corrected chi connectivity index (χ3v) is 6.91. The van der Waals surface area contributed by atoms with E-state index in [-0.39, 0.29) is 5.56 Å². The van der Waals surface area contributed by atoms with Gasteiger partial charge in [0.05, 0.1) is 22.6 Å². The van der Waals surface area contributed by atoms with E-state index in [1.807, 2.05) is 0 Å². The van der Waals surface area contributed by atoms with Crippen molar-refractivity contribution in [1.29, 1.82) is 0 Å². The number of thiophene rings is 1. The summed E-state index contributed by atoms with van der Waals surface area (Å²) in [6.07, 6.45) is 0. The molecule has 0 spiro atoms. The number of benzene rings is 3. The van der Waals surface area contributed by atoms with Crippen molar-refractivity contribution in [1.82, 2.24) is 0 Å². The van der Waals surface area contributed by atoms with E-state index in [0.717, 1.165) is 9.90 Å². The van der Waals surface area contributed by atoms with Gasteiger partial charge in [-0.1, -0.05) is 48.0 Å². The van der Waals surface area contributed by atoms with E-state index in [9.17, 15) is 4.79 Å². The molecule has 4 nitrogen and oxygen atoms in total. The second kappa shape index (κ2) is 9.29. The molecule has 6 heteroatoms. The predicted molar refractivity (Wildman–Crippen MR) is 129 cm³/mol. The molecule has 0 aliphatic rings. The summed E-state index contributed by atoms with van der Waals surface area (Å²) in [7, 11) is 1.53. The van der Waals surface area contributed by atoms with Gasteiger partial charge < -0.3 is 14.6 Å². The second-order valence-corrected chi connectivity index (χ2v) is 9.18. The van der Waals surface area contributed by atoms with Gasteiger partial charge in [0.1, 0.15) is 5.75 Å². The lowest BCUT2D eigenvalue weighted by Gasteiger charge is -2.10. The molecule has 0 amide bonds. The summed E-state index contributed by atoms with van der Waals surface area (Å²) in [4.78, 5) is 12.3. The number of aryl methyl sites for hydroxylation is 1. The van der Waals surface area contributed by atoms with E-state index >= 15 is 0 Å². The van der Waals surface area contributed by atoms with E-state index in [0.29, 0.717) is 5.75 Å². The van der Waals surface area contributed by atoms with Gasteiger partial charge in [-0.05, 0) is 72.0 Å². The van der Waals surface area contributed by atoms with E-state index in [1.165, 1.54) is 52.3 Å². The molecule has 156 valence electrons. The minimum atomic E-state index is -0.978. The zero-order chi connectivity index (χ0) is 21.8. The SMILES string of the molecule is COc1cc(C(=O)O)ccc1NSc1ccc(-c2cccc(-c3ccc(C)cc3)c2)s1. The molecule has 0 aliphatic heterocycles. The van der Waals surface area contributed by atoms with Crippen LogP contribution in [-0.4, -0.2) is 18.2 Å². The maximum absolute atomic E-state index is 11.1. The van der Waals surface area contributed by atoms with Gasteiger partial charge in [0.25, 0.3) is 0 Å². The fraction of sp³-hybridized carbons (Fsp3) is 0.0800. The van der Waals surface area contributed by atoms with Crippen LogP contribution in [0.2, 0.25) is 0 Å². The van der Waals surface area contributed by atoms with Crippen molar-refractivity contribution in [3.05, 3.63) is 90.0 Å². The Bertz CT molecular complexity index is 1220. The largest absolute Gasteiger partial charge is 0.495 e. The number of carbonyl (C=O) groups is 1. The summed E-state index contributed by atoms with van der Waals surface area (Å²) in [5.41, 5.74) is 5.76. The highest BCUT2D eigenvalue weighted by Crippen LogP contribution is 2.37. The van der Waals surface area contributed by atoms with Gasteiger partial charge in [0.2, 0.25) is 0 Å². The van der Waals surface area contributed by atoms with Crippen LogP contribution in [0.3, 0.4) is 0 Å². The molecular formula is C25H21NO3S2. The van der Waals surface area contributed by atoms with Gasteiger partial charge in [-0.2, -0.15) is 0 Å². The Kier molecular flexibility index (Phi) is 6.30. The zero-order valence-corrected chi connectivity index (χ0v) is 18.7. The first kappa shape index (κ1) is 21.0. The third-order valence-electron chi connectivity index (χ3n) is 4.82. The molecule has 31 heavy (non-hydrogen) atoms. The summed E-state index contributed by atoms with van der Waals surface area (Å²) in [6.45, 7) is 2.09. The van der Waals surface area contributed by atoms with Crippen molar-refractivity contribution >= 4 is 34.9 Å². The summed E-state index contributed by atoms with van der Waals surface area (Å²) in [5, 5.41) is 9.14. The maximum Gasteiger partial charge on any atom is 0.335 e. The van der Waals surface area contributed by atoms with E-state index in [1.54, 1.807) is 23.5 Å².